The van der Waals surface area contributed by atoms with E-state index in [1.807, 2.05) is 0 Å². The molecule has 7 nitrogen and oxygen atoms in total. The van der Waals surface area contributed by atoms with Crippen molar-refractivity contribution in [1.82, 2.24) is 5.32 Å². The van der Waals surface area contributed by atoms with Crippen molar-refractivity contribution in [1.29, 1.82) is 0 Å². The van der Waals surface area contributed by atoms with Crippen LogP contribution in [0, 0.1) is 10.1 Å². The van der Waals surface area contributed by atoms with Gasteiger partial charge in [-0.1, -0.05) is 12.1 Å². The Balaban J connectivity index is 1.75. The first-order valence-electron chi connectivity index (χ1n) is 8.73. The van der Waals surface area contributed by atoms with Gasteiger partial charge in [-0.3, -0.25) is 14.9 Å². The number of non-ortho nitro benzene ring substituents is 1. The molecule has 0 spiro atoms. The third-order valence-electron chi connectivity index (χ3n) is 4.84. The quantitative estimate of drug-likeness (QED) is 0.675. The number of para-hydroxylation sites is 1. The molecule has 2 aliphatic rings. The highest BCUT2D eigenvalue weighted by atomic mass is 16.6. The summed E-state index contributed by atoms with van der Waals surface area (Å²) in [6, 6.07) is 11.8. The van der Waals surface area contributed by atoms with E-state index in [2.05, 4.69) is 10.2 Å². The lowest BCUT2D eigenvalue weighted by atomic mass is 10.0. The minimum Gasteiger partial charge on any atom is -0.465 e. The monoisotopic (exact) mass is 353 g/mol. The first-order chi connectivity index (χ1) is 12.6. The Labute approximate surface area is 150 Å². The number of carbonyl (C=O) groups is 1. The smallest absolute Gasteiger partial charge is 0.270 e. The highest BCUT2D eigenvalue weighted by Crippen LogP contribution is 2.36. The molecule has 0 aliphatic carbocycles. The second-order valence-corrected chi connectivity index (χ2v) is 6.52. The first-order valence-corrected chi connectivity index (χ1v) is 8.73. The van der Waals surface area contributed by atoms with Crippen molar-refractivity contribution in [2.45, 2.75) is 25.5 Å². The standard InChI is InChI=1S/C19H19N3O4/c23-18-14-6-2-3-7-17(14)26-19(20-18)15-12-13(22(24)25)8-9-16(15)21-10-4-1-5-11-21/h2-3,6-9,12,19H,1,4-5,10-11H2,(H,20,23)/t19-/m0/s1. The van der Waals surface area contributed by atoms with Gasteiger partial charge in [0.2, 0.25) is 6.23 Å². The van der Waals surface area contributed by atoms with E-state index in [1.165, 1.54) is 18.6 Å². The molecule has 4 rings (SSSR count). The molecular formula is C19H19N3O4. The number of carbonyl (C=O) groups excluding carboxylic acids is 1. The summed E-state index contributed by atoms with van der Waals surface area (Å²) in [7, 11) is 0. The van der Waals surface area contributed by atoms with Gasteiger partial charge >= 0.3 is 0 Å². The fourth-order valence-electron chi connectivity index (χ4n) is 3.54. The summed E-state index contributed by atoms with van der Waals surface area (Å²) in [5, 5.41) is 14.1. The molecule has 2 heterocycles. The number of amides is 1. The largest absolute Gasteiger partial charge is 0.465 e. The number of nitrogens with zero attached hydrogens (tertiary/aromatic N) is 2. The molecule has 0 radical (unpaired) electrons. The minimum absolute atomic E-state index is 0.0162. The van der Waals surface area contributed by atoms with Gasteiger partial charge in [-0.05, 0) is 37.5 Å². The van der Waals surface area contributed by atoms with Crippen LogP contribution < -0.4 is 15.0 Å². The van der Waals surface area contributed by atoms with Crippen LogP contribution in [0.25, 0.3) is 0 Å². The molecule has 2 aliphatic heterocycles. The predicted octanol–water partition coefficient (Wildman–Crippen LogP) is 3.41. The maximum absolute atomic E-state index is 12.4. The van der Waals surface area contributed by atoms with Crippen LogP contribution in [0.4, 0.5) is 11.4 Å². The lowest BCUT2D eigenvalue weighted by molar-refractivity contribution is -0.385. The maximum atomic E-state index is 12.4. The van der Waals surface area contributed by atoms with Crippen molar-refractivity contribution in [3.05, 3.63) is 63.7 Å². The van der Waals surface area contributed by atoms with Gasteiger partial charge in [-0.25, -0.2) is 0 Å². The van der Waals surface area contributed by atoms with E-state index in [0.717, 1.165) is 31.6 Å². The third-order valence-corrected chi connectivity index (χ3v) is 4.84. The van der Waals surface area contributed by atoms with Crippen LogP contribution in [-0.4, -0.2) is 23.9 Å². The van der Waals surface area contributed by atoms with Crippen LogP contribution in [0.3, 0.4) is 0 Å². The average molecular weight is 353 g/mol. The average Bonchev–Trinajstić information content (AvgIpc) is 2.68. The van der Waals surface area contributed by atoms with Crippen molar-refractivity contribution in [2.75, 3.05) is 18.0 Å². The van der Waals surface area contributed by atoms with E-state index in [0.29, 0.717) is 16.9 Å². The number of benzene rings is 2. The van der Waals surface area contributed by atoms with Crippen molar-refractivity contribution in [2.24, 2.45) is 0 Å². The molecule has 2 aromatic rings. The summed E-state index contributed by atoms with van der Waals surface area (Å²) in [6.45, 7) is 1.78. The number of fused-ring (bicyclic) bond motifs is 1. The Morgan fingerprint density at radius 1 is 1.12 bits per heavy atom. The molecule has 134 valence electrons. The highest BCUT2D eigenvalue weighted by Gasteiger charge is 2.30. The fourth-order valence-corrected chi connectivity index (χ4v) is 3.54. The van der Waals surface area contributed by atoms with Gasteiger partial charge in [-0.15, -0.1) is 0 Å². The highest BCUT2D eigenvalue weighted by molar-refractivity contribution is 5.98. The molecule has 0 aromatic heterocycles. The minimum atomic E-state index is -0.755. The summed E-state index contributed by atoms with van der Waals surface area (Å²) in [5.74, 6) is 0.241. The predicted molar refractivity (Wildman–Crippen MR) is 96.4 cm³/mol. The SMILES string of the molecule is O=C1N[C@H](c2cc([N+](=O)[O-])ccc2N2CCCCC2)Oc2ccccc21. The Kier molecular flexibility index (Phi) is 4.20. The number of hydrogen-bond donors (Lipinski definition) is 1. The van der Waals surface area contributed by atoms with Gasteiger partial charge in [0.05, 0.1) is 10.5 Å². The molecular weight excluding hydrogens is 334 g/mol. The van der Waals surface area contributed by atoms with Gasteiger partial charge in [-0.2, -0.15) is 0 Å². The van der Waals surface area contributed by atoms with Crippen molar-refractivity contribution in [3.8, 4) is 5.75 Å². The molecule has 1 atom stereocenters. The Bertz CT molecular complexity index is 862. The molecule has 0 saturated carbocycles. The van der Waals surface area contributed by atoms with Gasteiger partial charge < -0.3 is 15.0 Å². The van der Waals surface area contributed by atoms with E-state index in [-0.39, 0.29) is 11.6 Å². The lowest BCUT2D eigenvalue weighted by Crippen LogP contribution is -2.38. The first kappa shape index (κ1) is 16.4. The topological polar surface area (TPSA) is 84.7 Å². The second-order valence-electron chi connectivity index (χ2n) is 6.52. The summed E-state index contributed by atoms with van der Waals surface area (Å²) >= 11 is 0. The van der Waals surface area contributed by atoms with E-state index < -0.39 is 11.2 Å². The molecule has 1 N–H and O–H groups in total. The van der Waals surface area contributed by atoms with Crippen LogP contribution in [0.5, 0.6) is 5.75 Å². The van der Waals surface area contributed by atoms with Crippen LogP contribution in [-0.2, 0) is 0 Å². The second kappa shape index (κ2) is 6.67. The summed E-state index contributed by atoms with van der Waals surface area (Å²) in [5.41, 5.74) is 1.94. The normalized spacial score (nSPS) is 19.3. The summed E-state index contributed by atoms with van der Waals surface area (Å²) < 4.78 is 5.97. The summed E-state index contributed by atoms with van der Waals surface area (Å²) in [6.07, 6.45) is 2.59. The number of ether oxygens (including phenoxy) is 1. The van der Waals surface area contributed by atoms with Gasteiger partial charge in [0, 0.05) is 36.5 Å². The van der Waals surface area contributed by atoms with Crippen LogP contribution >= 0.6 is 0 Å². The van der Waals surface area contributed by atoms with Crippen LogP contribution in [0.1, 0.15) is 41.4 Å². The third kappa shape index (κ3) is 2.96. The number of piperidine rings is 1. The van der Waals surface area contributed by atoms with Crippen molar-refractivity contribution >= 4 is 17.3 Å². The number of nitro groups is 1. The Hall–Kier alpha value is -3.09. The molecule has 2 aromatic carbocycles. The number of anilines is 1. The van der Waals surface area contributed by atoms with Crippen molar-refractivity contribution < 1.29 is 14.5 Å². The molecule has 1 saturated heterocycles. The number of hydrogen-bond acceptors (Lipinski definition) is 5. The molecule has 1 amide bonds. The molecule has 7 heteroatoms. The molecule has 1 fully saturated rings. The number of nitro benzene ring substituents is 1. The van der Waals surface area contributed by atoms with Crippen molar-refractivity contribution in [3.63, 3.8) is 0 Å². The Morgan fingerprint density at radius 3 is 2.65 bits per heavy atom. The number of rotatable bonds is 3. The molecule has 0 bridgehead atoms. The van der Waals surface area contributed by atoms with E-state index in [4.69, 9.17) is 4.74 Å². The Morgan fingerprint density at radius 2 is 1.88 bits per heavy atom. The zero-order valence-electron chi connectivity index (χ0n) is 14.2. The van der Waals surface area contributed by atoms with Crippen LogP contribution in [0.2, 0.25) is 0 Å². The van der Waals surface area contributed by atoms with E-state index in [9.17, 15) is 14.9 Å². The fraction of sp³-hybridized carbons (Fsp3) is 0.316. The van der Waals surface area contributed by atoms with Gasteiger partial charge in [0.1, 0.15) is 5.75 Å². The molecule has 26 heavy (non-hydrogen) atoms. The van der Waals surface area contributed by atoms with Gasteiger partial charge in [0.15, 0.2) is 0 Å². The number of nitrogens with one attached hydrogen (secondary N) is 1. The van der Waals surface area contributed by atoms with Gasteiger partial charge in [0.25, 0.3) is 11.6 Å². The lowest BCUT2D eigenvalue weighted by Gasteiger charge is -2.34. The zero-order valence-corrected chi connectivity index (χ0v) is 14.2. The van der Waals surface area contributed by atoms with E-state index >= 15 is 0 Å². The maximum Gasteiger partial charge on any atom is 0.270 e. The van der Waals surface area contributed by atoms with E-state index in [1.54, 1.807) is 30.3 Å². The van der Waals surface area contributed by atoms with Crippen LogP contribution in [0.15, 0.2) is 42.5 Å². The summed E-state index contributed by atoms with van der Waals surface area (Å²) in [4.78, 5) is 25.5. The molecule has 0 unspecified atom stereocenters. The zero-order chi connectivity index (χ0) is 18.1.